The second kappa shape index (κ2) is 6.67. The molecule has 2 N–H and O–H groups in total. The van der Waals surface area contributed by atoms with Crippen LogP contribution in [-0.4, -0.2) is 30.7 Å². The van der Waals surface area contributed by atoms with E-state index >= 15 is 0 Å². The number of anilines is 1. The topological polar surface area (TPSA) is 93.1 Å². The van der Waals surface area contributed by atoms with Gasteiger partial charge < -0.3 is 5.32 Å². The van der Waals surface area contributed by atoms with E-state index in [-0.39, 0.29) is 23.8 Å². The molecule has 0 aliphatic heterocycles. The van der Waals surface area contributed by atoms with Gasteiger partial charge in [-0.15, -0.1) is 0 Å². The highest BCUT2D eigenvalue weighted by Crippen LogP contribution is 2.09. The summed E-state index contributed by atoms with van der Waals surface area (Å²) in [6.07, 6.45) is 1.63. The van der Waals surface area contributed by atoms with Crippen molar-refractivity contribution in [2.75, 3.05) is 11.9 Å². The summed E-state index contributed by atoms with van der Waals surface area (Å²) < 4.78 is 40.4. The zero-order valence-corrected chi connectivity index (χ0v) is 12.6. The van der Waals surface area contributed by atoms with E-state index in [1.165, 1.54) is 4.68 Å². The Labute approximate surface area is 127 Å². The van der Waals surface area contributed by atoms with Gasteiger partial charge in [-0.2, -0.15) is 5.10 Å². The number of carbonyl (C=O) groups is 1. The molecule has 0 atom stereocenters. The van der Waals surface area contributed by atoms with Gasteiger partial charge in [0.2, 0.25) is 15.9 Å². The first-order valence-electron chi connectivity index (χ1n) is 6.41. The Morgan fingerprint density at radius 1 is 1.27 bits per heavy atom. The number of hydrogen-bond acceptors (Lipinski definition) is 4. The Kier molecular flexibility index (Phi) is 4.88. The zero-order chi connectivity index (χ0) is 16.2. The average molecular weight is 326 g/mol. The number of nitrogens with zero attached hydrogens (tertiary/aromatic N) is 2. The first kappa shape index (κ1) is 16.1. The second-order valence-electron chi connectivity index (χ2n) is 4.52. The van der Waals surface area contributed by atoms with Crippen LogP contribution in [0.1, 0.15) is 6.42 Å². The molecule has 1 aromatic carbocycles. The molecule has 2 aromatic rings. The standard InChI is InChI=1S/C13H15FN4O3S/c1-18-9-7-12(17-18)16-13(19)6-8-15-22(20,21)11-4-2-10(14)3-5-11/h2-5,7,9,15H,6,8H2,1H3,(H,16,17,19). The Bertz CT molecular complexity index is 756. The van der Waals surface area contributed by atoms with Crippen molar-refractivity contribution >= 4 is 21.7 Å². The second-order valence-corrected chi connectivity index (χ2v) is 6.29. The van der Waals surface area contributed by atoms with E-state index in [2.05, 4.69) is 15.1 Å². The van der Waals surface area contributed by atoms with Crippen LogP contribution in [0.2, 0.25) is 0 Å². The minimum atomic E-state index is -3.76. The third kappa shape index (κ3) is 4.37. The molecule has 1 aromatic heterocycles. The summed E-state index contributed by atoms with van der Waals surface area (Å²) in [5.41, 5.74) is 0. The van der Waals surface area contributed by atoms with E-state index in [1.54, 1.807) is 19.3 Å². The van der Waals surface area contributed by atoms with Gasteiger partial charge in [-0.3, -0.25) is 9.48 Å². The monoisotopic (exact) mass is 326 g/mol. The lowest BCUT2D eigenvalue weighted by atomic mass is 10.4. The van der Waals surface area contributed by atoms with Gasteiger partial charge in [-0.25, -0.2) is 17.5 Å². The van der Waals surface area contributed by atoms with Crippen LogP contribution in [-0.2, 0) is 21.9 Å². The van der Waals surface area contributed by atoms with Crippen LogP contribution in [0.25, 0.3) is 0 Å². The largest absolute Gasteiger partial charge is 0.309 e. The summed E-state index contributed by atoms with van der Waals surface area (Å²) in [5, 5.41) is 6.51. The Morgan fingerprint density at radius 2 is 1.95 bits per heavy atom. The molecule has 1 amide bonds. The molecule has 22 heavy (non-hydrogen) atoms. The minimum absolute atomic E-state index is 0.0446. The highest BCUT2D eigenvalue weighted by Gasteiger charge is 2.14. The number of aryl methyl sites for hydroxylation is 1. The quantitative estimate of drug-likeness (QED) is 0.823. The summed E-state index contributed by atoms with van der Waals surface area (Å²) in [7, 11) is -2.04. The summed E-state index contributed by atoms with van der Waals surface area (Å²) in [6.45, 7) is -0.0711. The van der Waals surface area contributed by atoms with Crippen LogP contribution in [0.3, 0.4) is 0 Å². The summed E-state index contributed by atoms with van der Waals surface area (Å²) in [4.78, 5) is 11.6. The van der Waals surface area contributed by atoms with E-state index < -0.39 is 15.8 Å². The van der Waals surface area contributed by atoms with Gasteiger partial charge in [-0.05, 0) is 24.3 Å². The lowest BCUT2D eigenvalue weighted by Crippen LogP contribution is -2.27. The van der Waals surface area contributed by atoms with Crippen LogP contribution >= 0.6 is 0 Å². The number of rotatable bonds is 6. The fourth-order valence-electron chi connectivity index (χ4n) is 1.68. The lowest BCUT2D eigenvalue weighted by molar-refractivity contribution is -0.116. The number of hydrogen-bond donors (Lipinski definition) is 2. The van der Waals surface area contributed by atoms with Crippen molar-refractivity contribution in [2.24, 2.45) is 7.05 Å². The van der Waals surface area contributed by atoms with E-state index in [0.29, 0.717) is 5.82 Å². The van der Waals surface area contributed by atoms with E-state index in [9.17, 15) is 17.6 Å². The van der Waals surface area contributed by atoms with E-state index in [0.717, 1.165) is 24.3 Å². The number of amides is 1. The molecule has 0 saturated heterocycles. The van der Waals surface area contributed by atoms with Crippen LogP contribution < -0.4 is 10.0 Å². The van der Waals surface area contributed by atoms with Gasteiger partial charge in [0, 0.05) is 32.3 Å². The van der Waals surface area contributed by atoms with Crippen LogP contribution in [0.5, 0.6) is 0 Å². The molecule has 0 radical (unpaired) electrons. The maximum Gasteiger partial charge on any atom is 0.240 e. The molecule has 9 heteroatoms. The smallest absolute Gasteiger partial charge is 0.240 e. The average Bonchev–Trinajstić information content (AvgIpc) is 2.84. The number of aromatic nitrogens is 2. The SMILES string of the molecule is Cn1ccc(NC(=O)CCNS(=O)(=O)c2ccc(F)cc2)n1. The molecule has 1 heterocycles. The molecule has 0 aliphatic carbocycles. The van der Waals surface area contributed by atoms with Gasteiger partial charge >= 0.3 is 0 Å². The molecule has 0 saturated carbocycles. The lowest BCUT2D eigenvalue weighted by Gasteiger charge is -2.06. The Balaban J connectivity index is 1.84. The first-order chi connectivity index (χ1) is 10.4. The number of halogens is 1. The van der Waals surface area contributed by atoms with Crippen LogP contribution in [0.15, 0.2) is 41.4 Å². The summed E-state index contributed by atoms with van der Waals surface area (Å²) in [6, 6.07) is 6.06. The van der Waals surface area contributed by atoms with Crippen molar-refractivity contribution in [1.82, 2.24) is 14.5 Å². The first-order valence-corrected chi connectivity index (χ1v) is 7.90. The van der Waals surface area contributed by atoms with E-state index in [1.807, 2.05) is 0 Å². The maximum absolute atomic E-state index is 12.8. The number of benzene rings is 1. The minimum Gasteiger partial charge on any atom is -0.309 e. The summed E-state index contributed by atoms with van der Waals surface area (Å²) >= 11 is 0. The Morgan fingerprint density at radius 3 is 2.55 bits per heavy atom. The highest BCUT2D eigenvalue weighted by molar-refractivity contribution is 7.89. The molecule has 7 nitrogen and oxygen atoms in total. The predicted molar refractivity (Wildman–Crippen MR) is 78.0 cm³/mol. The van der Waals surface area contributed by atoms with Crippen LogP contribution in [0, 0.1) is 5.82 Å². The molecular weight excluding hydrogens is 311 g/mol. The highest BCUT2D eigenvalue weighted by atomic mass is 32.2. The van der Waals surface area contributed by atoms with Crippen molar-refractivity contribution in [3.63, 3.8) is 0 Å². The maximum atomic E-state index is 12.8. The molecule has 0 unspecified atom stereocenters. The zero-order valence-electron chi connectivity index (χ0n) is 11.8. The van der Waals surface area contributed by atoms with Crippen molar-refractivity contribution < 1.29 is 17.6 Å². The van der Waals surface area contributed by atoms with Crippen molar-refractivity contribution in [3.05, 3.63) is 42.3 Å². The predicted octanol–water partition coefficient (Wildman–Crippen LogP) is 0.866. The molecule has 118 valence electrons. The van der Waals surface area contributed by atoms with Crippen molar-refractivity contribution in [2.45, 2.75) is 11.3 Å². The molecule has 2 rings (SSSR count). The summed E-state index contributed by atoms with van der Waals surface area (Å²) in [5.74, 6) is -0.483. The Hall–Kier alpha value is -2.26. The van der Waals surface area contributed by atoms with Crippen LogP contribution in [0.4, 0.5) is 10.2 Å². The van der Waals surface area contributed by atoms with Crippen molar-refractivity contribution in [3.8, 4) is 0 Å². The molecular formula is C13H15FN4O3S. The van der Waals surface area contributed by atoms with Gasteiger partial charge in [0.05, 0.1) is 4.90 Å². The van der Waals surface area contributed by atoms with Gasteiger partial charge in [0.25, 0.3) is 0 Å². The fourth-order valence-corrected chi connectivity index (χ4v) is 2.71. The molecule has 0 aliphatic rings. The van der Waals surface area contributed by atoms with Crippen molar-refractivity contribution in [1.29, 1.82) is 0 Å². The van der Waals surface area contributed by atoms with Gasteiger partial charge in [0.1, 0.15) is 5.82 Å². The fraction of sp³-hybridized carbons (Fsp3) is 0.231. The third-order valence-electron chi connectivity index (χ3n) is 2.75. The van der Waals surface area contributed by atoms with Gasteiger partial charge in [0.15, 0.2) is 5.82 Å². The third-order valence-corrected chi connectivity index (χ3v) is 4.23. The number of nitrogens with one attached hydrogen (secondary N) is 2. The number of sulfonamides is 1. The molecule has 0 bridgehead atoms. The molecule has 0 spiro atoms. The number of carbonyl (C=O) groups excluding carboxylic acids is 1. The normalized spacial score (nSPS) is 11.4. The van der Waals surface area contributed by atoms with E-state index in [4.69, 9.17) is 0 Å². The molecule has 0 fully saturated rings. The van der Waals surface area contributed by atoms with Gasteiger partial charge in [-0.1, -0.05) is 0 Å².